The number of hydrogen-bond acceptors (Lipinski definition) is 4. The third-order valence-corrected chi connectivity index (χ3v) is 4.03. The van der Waals surface area contributed by atoms with Gasteiger partial charge in [-0.3, -0.25) is 4.79 Å². The number of rotatable bonds is 4. The minimum Gasteiger partial charge on any atom is -0.496 e. The molecule has 3 N–H and O–H groups in total. The molecule has 1 fully saturated rings. The number of fused-ring (bicyclic) bond motifs is 1. The number of methoxy groups -OCH3 is 2. The van der Waals surface area contributed by atoms with Gasteiger partial charge in [0.15, 0.2) is 0 Å². The summed E-state index contributed by atoms with van der Waals surface area (Å²) in [7, 11) is 3.22. The Hall–Kier alpha value is -2.21. The van der Waals surface area contributed by atoms with Crippen molar-refractivity contribution in [2.45, 2.75) is 18.9 Å². The summed E-state index contributed by atoms with van der Waals surface area (Å²) in [5.74, 6) is 1.30. The van der Waals surface area contributed by atoms with Gasteiger partial charge in [-0.2, -0.15) is 0 Å². The van der Waals surface area contributed by atoms with E-state index in [2.05, 4.69) is 15.6 Å². The molecule has 6 nitrogen and oxygen atoms in total. The lowest BCUT2D eigenvalue weighted by molar-refractivity contribution is 0.0926. The number of hydrogen-bond donors (Lipinski definition) is 3. The predicted octanol–water partition coefficient (Wildman–Crippen LogP) is 1.67. The minimum atomic E-state index is -0.103. The highest BCUT2D eigenvalue weighted by Crippen LogP contribution is 2.33. The van der Waals surface area contributed by atoms with E-state index in [1.165, 1.54) is 0 Å². The van der Waals surface area contributed by atoms with Crippen LogP contribution >= 0.6 is 0 Å². The number of amides is 1. The first-order valence-corrected chi connectivity index (χ1v) is 7.48. The second kappa shape index (κ2) is 6.27. The monoisotopic (exact) mass is 303 g/mol. The highest BCUT2D eigenvalue weighted by atomic mass is 16.5. The molecule has 1 aliphatic heterocycles. The molecule has 1 atom stereocenters. The van der Waals surface area contributed by atoms with Crippen molar-refractivity contribution in [3.05, 3.63) is 23.9 Å². The van der Waals surface area contributed by atoms with Crippen molar-refractivity contribution in [3.8, 4) is 11.5 Å². The average molecular weight is 303 g/mol. The SMILES string of the molecule is COc1ccc(OC)c2[nH]c(C(=O)NC3CCCNC3)cc12. The van der Waals surface area contributed by atoms with Crippen molar-refractivity contribution in [2.24, 2.45) is 0 Å². The van der Waals surface area contributed by atoms with Crippen LogP contribution in [0.25, 0.3) is 10.9 Å². The van der Waals surface area contributed by atoms with E-state index in [-0.39, 0.29) is 11.9 Å². The van der Waals surface area contributed by atoms with Gasteiger partial charge in [0.25, 0.3) is 5.91 Å². The zero-order chi connectivity index (χ0) is 15.5. The molecule has 6 heteroatoms. The number of aromatic nitrogens is 1. The van der Waals surface area contributed by atoms with E-state index in [1.54, 1.807) is 14.2 Å². The van der Waals surface area contributed by atoms with Crippen LogP contribution in [0.15, 0.2) is 18.2 Å². The Balaban J connectivity index is 1.88. The van der Waals surface area contributed by atoms with Crippen molar-refractivity contribution in [2.75, 3.05) is 27.3 Å². The highest BCUT2D eigenvalue weighted by Gasteiger charge is 2.19. The molecular weight excluding hydrogens is 282 g/mol. The Morgan fingerprint density at radius 2 is 2.05 bits per heavy atom. The Labute approximate surface area is 129 Å². The smallest absolute Gasteiger partial charge is 0.267 e. The number of ether oxygens (including phenoxy) is 2. The van der Waals surface area contributed by atoms with Crippen LogP contribution in [0.1, 0.15) is 23.3 Å². The van der Waals surface area contributed by atoms with Crippen molar-refractivity contribution >= 4 is 16.8 Å². The number of benzene rings is 1. The van der Waals surface area contributed by atoms with Gasteiger partial charge in [-0.05, 0) is 37.6 Å². The third-order valence-electron chi connectivity index (χ3n) is 4.03. The molecule has 2 heterocycles. The van der Waals surface area contributed by atoms with Gasteiger partial charge in [-0.25, -0.2) is 0 Å². The van der Waals surface area contributed by atoms with E-state index < -0.39 is 0 Å². The molecule has 3 rings (SSSR count). The van der Waals surface area contributed by atoms with Crippen molar-refractivity contribution in [1.82, 2.24) is 15.6 Å². The standard InChI is InChI=1S/C16H21N3O3/c1-21-13-5-6-14(22-2)15-11(13)8-12(19-15)16(20)18-10-4-3-7-17-9-10/h5-6,8,10,17,19H,3-4,7,9H2,1-2H3,(H,18,20). The molecular formula is C16H21N3O3. The Kier molecular flexibility index (Phi) is 4.20. The average Bonchev–Trinajstić information content (AvgIpc) is 3.00. The number of nitrogens with one attached hydrogen (secondary N) is 3. The fourth-order valence-corrected chi connectivity index (χ4v) is 2.88. The van der Waals surface area contributed by atoms with Crippen molar-refractivity contribution in [3.63, 3.8) is 0 Å². The largest absolute Gasteiger partial charge is 0.496 e. The molecule has 22 heavy (non-hydrogen) atoms. The van der Waals surface area contributed by atoms with Gasteiger partial charge in [0.2, 0.25) is 0 Å². The number of H-pyrrole nitrogens is 1. The maximum atomic E-state index is 12.4. The summed E-state index contributed by atoms with van der Waals surface area (Å²) < 4.78 is 10.7. The van der Waals surface area contributed by atoms with E-state index >= 15 is 0 Å². The van der Waals surface area contributed by atoms with Crippen LogP contribution in [0, 0.1) is 0 Å². The summed E-state index contributed by atoms with van der Waals surface area (Å²) >= 11 is 0. The summed E-state index contributed by atoms with van der Waals surface area (Å²) in [5.41, 5.74) is 1.29. The number of carbonyl (C=O) groups is 1. The Bertz CT molecular complexity index is 634. The summed E-state index contributed by atoms with van der Waals surface area (Å²) in [6.07, 6.45) is 2.09. The summed E-state index contributed by atoms with van der Waals surface area (Å²) in [6.45, 7) is 1.84. The van der Waals surface area contributed by atoms with E-state index in [4.69, 9.17) is 9.47 Å². The van der Waals surface area contributed by atoms with E-state index in [0.29, 0.717) is 17.2 Å². The molecule has 1 aliphatic rings. The van der Waals surface area contributed by atoms with Crippen LogP contribution in [0.4, 0.5) is 0 Å². The normalized spacial score (nSPS) is 18.2. The van der Waals surface area contributed by atoms with Crippen LogP contribution in [0.5, 0.6) is 11.5 Å². The molecule has 0 radical (unpaired) electrons. The quantitative estimate of drug-likeness (QED) is 0.803. The Morgan fingerprint density at radius 1 is 1.27 bits per heavy atom. The predicted molar refractivity (Wildman–Crippen MR) is 84.8 cm³/mol. The first kappa shape index (κ1) is 14.7. The lowest BCUT2D eigenvalue weighted by Gasteiger charge is -2.23. The molecule has 1 aromatic carbocycles. The molecule has 0 bridgehead atoms. The van der Waals surface area contributed by atoms with Crippen LogP contribution in [-0.2, 0) is 0 Å². The van der Waals surface area contributed by atoms with Crippen molar-refractivity contribution in [1.29, 1.82) is 0 Å². The van der Waals surface area contributed by atoms with Gasteiger partial charge in [-0.15, -0.1) is 0 Å². The van der Waals surface area contributed by atoms with Gasteiger partial charge in [-0.1, -0.05) is 0 Å². The molecule has 118 valence electrons. The molecule has 0 saturated carbocycles. The number of aromatic amines is 1. The molecule has 0 aliphatic carbocycles. The van der Waals surface area contributed by atoms with Gasteiger partial charge < -0.3 is 25.1 Å². The third kappa shape index (κ3) is 2.74. The van der Waals surface area contributed by atoms with E-state index in [9.17, 15) is 4.79 Å². The van der Waals surface area contributed by atoms with Crippen LogP contribution in [0.2, 0.25) is 0 Å². The van der Waals surface area contributed by atoms with Gasteiger partial charge in [0.05, 0.1) is 19.7 Å². The van der Waals surface area contributed by atoms with Crippen molar-refractivity contribution < 1.29 is 14.3 Å². The summed E-state index contributed by atoms with van der Waals surface area (Å²) in [4.78, 5) is 15.6. The van der Waals surface area contributed by atoms with Gasteiger partial charge in [0.1, 0.15) is 17.2 Å². The number of piperidine rings is 1. The lowest BCUT2D eigenvalue weighted by Crippen LogP contribution is -2.45. The molecule has 2 aromatic rings. The zero-order valence-electron chi connectivity index (χ0n) is 12.9. The second-order valence-electron chi connectivity index (χ2n) is 5.46. The fourth-order valence-electron chi connectivity index (χ4n) is 2.88. The zero-order valence-corrected chi connectivity index (χ0v) is 12.9. The topological polar surface area (TPSA) is 75.4 Å². The van der Waals surface area contributed by atoms with Gasteiger partial charge in [0, 0.05) is 18.0 Å². The summed E-state index contributed by atoms with van der Waals surface area (Å²) in [6, 6.07) is 5.64. The maximum absolute atomic E-state index is 12.4. The fraction of sp³-hybridized carbons (Fsp3) is 0.438. The van der Waals surface area contributed by atoms with Crippen LogP contribution in [-0.4, -0.2) is 44.2 Å². The lowest BCUT2D eigenvalue weighted by atomic mass is 10.1. The molecule has 1 saturated heterocycles. The van der Waals surface area contributed by atoms with E-state index in [1.807, 2.05) is 18.2 Å². The molecule has 0 spiro atoms. The Morgan fingerprint density at radius 3 is 2.73 bits per heavy atom. The molecule has 1 amide bonds. The summed E-state index contributed by atoms with van der Waals surface area (Å²) in [5, 5.41) is 7.19. The van der Waals surface area contributed by atoms with E-state index in [0.717, 1.165) is 36.8 Å². The van der Waals surface area contributed by atoms with Gasteiger partial charge >= 0.3 is 0 Å². The maximum Gasteiger partial charge on any atom is 0.267 e. The highest BCUT2D eigenvalue weighted by molar-refractivity contribution is 6.01. The first-order valence-electron chi connectivity index (χ1n) is 7.48. The molecule has 1 aromatic heterocycles. The number of carbonyl (C=O) groups excluding carboxylic acids is 1. The van der Waals surface area contributed by atoms with Crippen LogP contribution < -0.4 is 20.1 Å². The second-order valence-corrected chi connectivity index (χ2v) is 5.46. The van der Waals surface area contributed by atoms with Crippen LogP contribution in [0.3, 0.4) is 0 Å². The minimum absolute atomic E-state index is 0.103. The molecule has 1 unspecified atom stereocenters. The first-order chi connectivity index (χ1) is 10.7.